The molecule has 78 valence electrons. The zero-order valence-electron chi connectivity index (χ0n) is 8.80. The van der Waals surface area contributed by atoms with Crippen LogP contribution in [0.5, 0.6) is 0 Å². The summed E-state index contributed by atoms with van der Waals surface area (Å²) in [6.45, 7) is 0. The Morgan fingerprint density at radius 2 is 2.21 bits per heavy atom. The van der Waals surface area contributed by atoms with Crippen LogP contribution in [0.4, 0.5) is 0 Å². The molecular weight excluding hydrogens is 174 g/mol. The highest BCUT2D eigenvalue weighted by molar-refractivity contribution is 5.79. The Kier molecular flexibility index (Phi) is 5.29. The summed E-state index contributed by atoms with van der Waals surface area (Å²) in [6, 6.07) is 2.16. The first kappa shape index (κ1) is 11.2. The molecule has 0 aromatic heterocycles. The highest BCUT2D eigenvalue weighted by Gasteiger charge is 2.18. The van der Waals surface area contributed by atoms with Crippen molar-refractivity contribution in [2.45, 2.75) is 57.8 Å². The van der Waals surface area contributed by atoms with Crippen molar-refractivity contribution in [1.29, 1.82) is 5.26 Å². The van der Waals surface area contributed by atoms with Gasteiger partial charge in [0.25, 0.3) is 0 Å². The normalized spacial score (nSPS) is 21.9. The van der Waals surface area contributed by atoms with Gasteiger partial charge in [-0.25, -0.2) is 0 Å². The average Bonchev–Trinajstić information content (AvgIpc) is 2.18. The molecule has 2 nitrogen and oxygen atoms in total. The third kappa shape index (κ3) is 4.41. The summed E-state index contributed by atoms with van der Waals surface area (Å²) in [5.41, 5.74) is 0. The number of unbranched alkanes of at least 4 members (excludes halogenated alkanes) is 3. The molecule has 1 atom stereocenters. The molecule has 1 aliphatic rings. The fraction of sp³-hybridized carbons (Fsp3) is 0.833. The van der Waals surface area contributed by atoms with E-state index in [0.717, 1.165) is 32.1 Å². The van der Waals surface area contributed by atoms with Crippen molar-refractivity contribution in [1.82, 2.24) is 0 Å². The summed E-state index contributed by atoms with van der Waals surface area (Å²) < 4.78 is 0. The number of hydrogen-bond acceptors (Lipinski definition) is 2. The Morgan fingerprint density at radius 1 is 1.36 bits per heavy atom. The monoisotopic (exact) mass is 193 g/mol. The van der Waals surface area contributed by atoms with Crippen LogP contribution in [-0.4, -0.2) is 5.78 Å². The number of nitriles is 1. The summed E-state index contributed by atoms with van der Waals surface area (Å²) in [5.74, 6) is 1.11. The third-order valence-corrected chi connectivity index (χ3v) is 2.99. The SMILES string of the molecule is N#CCCCCC[C@H]1CCCC(=O)C1. The van der Waals surface area contributed by atoms with E-state index in [-0.39, 0.29) is 0 Å². The van der Waals surface area contributed by atoms with Crippen LogP contribution in [-0.2, 0) is 4.79 Å². The third-order valence-electron chi connectivity index (χ3n) is 2.99. The minimum absolute atomic E-state index is 0.457. The molecule has 0 saturated heterocycles. The summed E-state index contributed by atoms with van der Waals surface area (Å²) >= 11 is 0. The van der Waals surface area contributed by atoms with Crippen molar-refractivity contribution in [3.05, 3.63) is 0 Å². The van der Waals surface area contributed by atoms with Crippen molar-refractivity contribution >= 4 is 5.78 Å². The van der Waals surface area contributed by atoms with Gasteiger partial charge in [0.15, 0.2) is 0 Å². The van der Waals surface area contributed by atoms with E-state index in [9.17, 15) is 4.79 Å². The van der Waals surface area contributed by atoms with E-state index in [1.807, 2.05) is 0 Å². The molecule has 0 aromatic carbocycles. The molecule has 0 aromatic rings. The number of ketones is 1. The van der Waals surface area contributed by atoms with E-state index >= 15 is 0 Å². The van der Waals surface area contributed by atoms with Gasteiger partial charge in [-0.05, 0) is 25.2 Å². The molecule has 0 N–H and O–H groups in total. The molecule has 0 heterocycles. The molecule has 1 saturated carbocycles. The molecule has 0 unspecified atom stereocenters. The van der Waals surface area contributed by atoms with E-state index < -0.39 is 0 Å². The minimum Gasteiger partial charge on any atom is -0.300 e. The second kappa shape index (κ2) is 6.59. The van der Waals surface area contributed by atoms with Crippen molar-refractivity contribution in [3.8, 4) is 6.07 Å². The van der Waals surface area contributed by atoms with Gasteiger partial charge in [0.2, 0.25) is 0 Å². The second-order valence-electron chi connectivity index (χ2n) is 4.26. The van der Waals surface area contributed by atoms with Gasteiger partial charge in [0.05, 0.1) is 6.07 Å². The molecule has 1 aliphatic carbocycles. The van der Waals surface area contributed by atoms with Crippen LogP contribution in [0.15, 0.2) is 0 Å². The summed E-state index contributed by atoms with van der Waals surface area (Å²) in [6.07, 6.45) is 9.21. The number of hydrogen-bond donors (Lipinski definition) is 0. The number of carbonyl (C=O) groups excluding carboxylic acids is 1. The molecule has 1 rings (SSSR count). The number of nitrogens with zero attached hydrogens (tertiary/aromatic N) is 1. The van der Waals surface area contributed by atoms with Crippen molar-refractivity contribution in [2.24, 2.45) is 5.92 Å². The lowest BCUT2D eigenvalue weighted by Gasteiger charge is -2.20. The maximum Gasteiger partial charge on any atom is 0.133 e. The van der Waals surface area contributed by atoms with E-state index in [1.165, 1.54) is 19.3 Å². The number of carbonyl (C=O) groups is 1. The maximum absolute atomic E-state index is 11.2. The molecule has 2 heteroatoms. The fourth-order valence-corrected chi connectivity index (χ4v) is 2.17. The maximum atomic E-state index is 11.2. The number of rotatable bonds is 5. The van der Waals surface area contributed by atoms with Gasteiger partial charge in [0, 0.05) is 19.3 Å². The zero-order chi connectivity index (χ0) is 10.2. The first-order valence-corrected chi connectivity index (χ1v) is 5.71. The van der Waals surface area contributed by atoms with Crippen LogP contribution >= 0.6 is 0 Å². The minimum atomic E-state index is 0.457. The number of Topliss-reactive ketones (excluding diaryl/α,β-unsaturated/α-hetero) is 1. The van der Waals surface area contributed by atoms with Crippen molar-refractivity contribution in [3.63, 3.8) is 0 Å². The highest BCUT2D eigenvalue weighted by Crippen LogP contribution is 2.26. The van der Waals surface area contributed by atoms with Crippen LogP contribution in [0.2, 0.25) is 0 Å². The molecule has 0 amide bonds. The smallest absolute Gasteiger partial charge is 0.133 e. The molecule has 1 fully saturated rings. The van der Waals surface area contributed by atoms with Gasteiger partial charge in [-0.2, -0.15) is 5.26 Å². The summed E-state index contributed by atoms with van der Waals surface area (Å²) in [5, 5.41) is 8.35. The van der Waals surface area contributed by atoms with Crippen LogP contribution in [0, 0.1) is 17.2 Å². The lowest BCUT2D eigenvalue weighted by molar-refractivity contribution is -0.121. The molecular formula is C12H19NO. The molecule has 14 heavy (non-hydrogen) atoms. The van der Waals surface area contributed by atoms with Crippen LogP contribution in [0.3, 0.4) is 0 Å². The van der Waals surface area contributed by atoms with Gasteiger partial charge < -0.3 is 0 Å². The Balaban J connectivity index is 2.01. The summed E-state index contributed by atoms with van der Waals surface area (Å²) in [4.78, 5) is 11.2. The van der Waals surface area contributed by atoms with E-state index in [4.69, 9.17) is 5.26 Å². The lowest BCUT2D eigenvalue weighted by Crippen LogP contribution is -2.14. The standard InChI is InChI=1S/C12H19NO/c13-9-4-2-1-3-6-11-7-5-8-12(14)10-11/h11H,1-8,10H2/t11-/m0/s1. The fourth-order valence-electron chi connectivity index (χ4n) is 2.17. The first-order chi connectivity index (χ1) is 6.83. The highest BCUT2D eigenvalue weighted by atomic mass is 16.1. The molecule has 0 spiro atoms. The van der Waals surface area contributed by atoms with Gasteiger partial charge in [-0.3, -0.25) is 4.79 Å². The Labute approximate surface area is 86.3 Å². The lowest BCUT2D eigenvalue weighted by atomic mass is 9.85. The molecule has 0 radical (unpaired) electrons. The van der Waals surface area contributed by atoms with Gasteiger partial charge in [-0.1, -0.05) is 19.3 Å². The Bertz CT molecular complexity index is 217. The molecule has 0 bridgehead atoms. The first-order valence-electron chi connectivity index (χ1n) is 5.71. The van der Waals surface area contributed by atoms with Gasteiger partial charge in [-0.15, -0.1) is 0 Å². The van der Waals surface area contributed by atoms with E-state index in [0.29, 0.717) is 18.1 Å². The van der Waals surface area contributed by atoms with Crippen LogP contribution in [0.1, 0.15) is 57.8 Å². The van der Waals surface area contributed by atoms with Crippen molar-refractivity contribution in [2.75, 3.05) is 0 Å². The molecule has 0 aliphatic heterocycles. The zero-order valence-corrected chi connectivity index (χ0v) is 8.80. The van der Waals surface area contributed by atoms with Crippen molar-refractivity contribution < 1.29 is 4.79 Å². The predicted molar refractivity (Wildman–Crippen MR) is 55.7 cm³/mol. The Hall–Kier alpha value is -0.840. The second-order valence-corrected chi connectivity index (χ2v) is 4.26. The average molecular weight is 193 g/mol. The van der Waals surface area contributed by atoms with Gasteiger partial charge in [0.1, 0.15) is 5.78 Å². The van der Waals surface area contributed by atoms with Crippen LogP contribution in [0.25, 0.3) is 0 Å². The largest absolute Gasteiger partial charge is 0.300 e. The van der Waals surface area contributed by atoms with E-state index in [2.05, 4.69) is 6.07 Å². The summed E-state index contributed by atoms with van der Waals surface area (Å²) in [7, 11) is 0. The van der Waals surface area contributed by atoms with Crippen LogP contribution < -0.4 is 0 Å². The predicted octanol–water partition coefficient (Wildman–Crippen LogP) is 3.22. The quantitative estimate of drug-likeness (QED) is 0.629. The van der Waals surface area contributed by atoms with E-state index in [1.54, 1.807) is 0 Å². The van der Waals surface area contributed by atoms with Gasteiger partial charge >= 0.3 is 0 Å². The topological polar surface area (TPSA) is 40.9 Å². The Morgan fingerprint density at radius 3 is 2.93 bits per heavy atom.